The topological polar surface area (TPSA) is 53.7 Å². The van der Waals surface area contributed by atoms with Crippen molar-refractivity contribution in [1.82, 2.24) is 0 Å². The van der Waals surface area contributed by atoms with Crippen LogP contribution in [0.4, 0.5) is 0 Å². The first-order valence-electron chi connectivity index (χ1n) is 6.02. The highest BCUT2D eigenvalue weighted by Crippen LogP contribution is 2.20. The van der Waals surface area contributed by atoms with Crippen molar-refractivity contribution in [2.24, 2.45) is 5.73 Å². The van der Waals surface area contributed by atoms with E-state index >= 15 is 0 Å². The fraction of sp³-hybridized carbons (Fsp3) is 0.538. The van der Waals surface area contributed by atoms with Gasteiger partial charge in [0.25, 0.3) is 0 Å². The van der Waals surface area contributed by atoms with E-state index in [-0.39, 0.29) is 12.1 Å². The zero-order valence-electron chi connectivity index (χ0n) is 10.1. The van der Waals surface area contributed by atoms with Crippen LogP contribution in [0.1, 0.15) is 13.3 Å². The number of rotatable bonds is 4. The van der Waals surface area contributed by atoms with Gasteiger partial charge < -0.3 is 19.9 Å². The molecule has 17 heavy (non-hydrogen) atoms. The summed E-state index contributed by atoms with van der Waals surface area (Å²) in [5, 5.41) is 0. The van der Waals surface area contributed by atoms with E-state index in [0.29, 0.717) is 13.2 Å². The molecule has 94 valence electrons. The highest BCUT2D eigenvalue weighted by Gasteiger charge is 2.23. The van der Waals surface area contributed by atoms with Crippen LogP contribution in [0.25, 0.3) is 0 Å². The van der Waals surface area contributed by atoms with Gasteiger partial charge in [-0.05, 0) is 37.6 Å². The van der Waals surface area contributed by atoms with Crippen molar-refractivity contribution in [3.8, 4) is 11.5 Å². The molecule has 4 heteroatoms. The van der Waals surface area contributed by atoms with Crippen molar-refractivity contribution in [3.05, 3.63) is 24.3 Å². The summed E-state index contributed by atoms with van der Waals surface area (Å²) in [7, 11) is 0. The summed E-state index contributed by atoms with van der Waals surface area (Å²) < 4.78 is 16.5. The first kappa shape index (κ1) is 12.2. The van der Waals surface area contributed by atoms with Gasteiger partial charge in [-0.2, -0.15) is 0 Å². The van der Waals surface area contributed by atoms with Crippen LogP contribution in [-0.2, 0) is 4.74 Å². The first-order chi connectivity index (χ1) is 8.29. The number of nitrogens with two attached hydrogens (primary N) is 1. The molecule has 0 aromatic heterocycles. The Bertz CT molecular complexity index is 339. The van der Waals surface area contributed by atoms with Gasteiger partial charge in [0.2, 0.25) is 0 Å². The van der Waals surface area contributed by atoms with E-state index in [1.54, 1.807) is 0 Å². The minimum atomic E-state index is -0.0540. The highest BCUT2D eigenvalue weighted by atomic mass is 16.5. The zero-order valence-corrected chi connectivity index (χ0v) is 10.1. The molecular weight excluding hydrogens is 218 g/mol. The summed E-state index contributed by atoms with van der Waals surface area (Å²) in [5.41, 5.74) is 5.97. The maximum absolute atomic E-state index is 5.97. The van der Waals surface area contributed by atoms with Gasteiger partial charge >= 0.3 is 0 Å². The van der Waals surface area contributed by atoms with E-state index in [4.69, 9.17) is 19.9 Å². The van der Waals surface area contributed by atoms with Crippen molar-refractivity contribution in [3.63, 3.8) is 0 Å². The number of ether oxygens (including phenoxy) is 3. The largest absolute Gasteiger partial charge is 0.494 e. The minimum Gasteiger partial charge on any atom is -0.494 e. The van der Waals surface area contributed by atoms with Gasteiger partial charge in [0.1, 0.15) is 17.6 Å². The SMILES string of the molecule is CCOc1ccc(OC2COCCC2N)cc1. The van der Waals surface area contributed by atoms with Gasteiger partial charge in [0.15, 0.2) is 0 Å². The van der Waals surface area contributed by atoms with E-state index < -0.39 is 0 Å². The third-order valence-electron chi connectivity index (χ3n) is 2.78. The van der Waals surface area contributed by atoms with E-state index in [0.717, 1.165) is 24.5 Å². The maximum atomic E-state index is 5.97. The molecule has 0 saturated carbocycles. The fourth-order valence-electron chi connectivity index (χ4n) is 1.81. The second-order valence-electron chi connectivity index (χ2n) is 4.09. The lowest BCUT2D eigenvalue weighted by Crippen LogP contribution is -2.46. The van der Waals surface area contributed by atoms with Gasteiger partial charge in [0, 0.05) is 12.6 Å². The van der Waals surface area contributed by atoms with Crippen molar-refractivity contribution in [2.75, 3.05) is 19.8 Å². The van der Waals surface area contributed by atoms with Crippen LogP contribution < -0.4 is 15.2 Å². The average Bonchev–Trinajstić information content (AvgIpc) is 2.35. The average molecular weight is 237 g/mol. The van der Waals surface area contributed by atoms with Crippen LogP contribution in [0.5, 0.6) is 11.5 Å². The highest BCUT2D eigenvalue weighted by molar-refractivity contribution is 5.31. The molecule has 1 aromatic rings. The van der Waals surface area contributed by atoms with Crippen molar-refractivity contribution in [1.29, 1.82) is 0 Å². The Morgan fingerprint density at radius 3 is 2.65 bits per heavy atom. The number of hydrogen-bond acceptors (Lipinski definition) is 4. The van der Waals surface area contributed by atoms with Gasteiger partial charge in [-0.1, -0.05) is 0 Å². The molecule has 2 N–H and O–H groups in total. The molecular formula is C13H19NO3. The van der Waals surface area contributed by atoms with Crippen LogP contribution in [-0.4, -0.2) is 32.0 Å². The second-order valence-corrected chi connectivity index (χ2v) is 4.09. The number of hydrogen-bond donors (Lipinski definition) is 1. The van der Waals surface area contributed by atoms with Crippen LogP contribution in [0.15, 0.2) is 24.3 Å². The Morgan fingerprint density at radius 2 is 2.00 bits per heavy atom. The molecule has 0 aliphatic carbocycles. The summed E-state index contributed by atoms with van der Waals surface area (Å²) in [6, 6.07) is 7.64. The van der Waals surface area contributed by atoms with Crippen LogP contribution in [0, 0.1) is 0 Å². The van der Waals surface area contributed by atoms with Gasteiger partial charge in [0.05, 0.1) is 13.2 Å². The molecule has 2 atom stereocenters. The van der Waals surface area contributed by atoms with Gasteiger partial charge in [-0.15, -0.1) is 0 Å². The van der Waals surface area contributed by atoms with E-state index in [1.165, 1.54) is 0 Å². The molecule has 1 aromatic carbocycles. The Balaban J connectivity index is 1.93. The molecule has 1 fully saturated rings. The molecule has 0 bridgehead atoms. The monoisotopic (exact) mass is 237 g/mol. The van der Waals surface area contributed by atoms with Crippen molar-refractivity contribution in [2.45, 2.75) is 25.5 Å². The molecule has 1 aliphatic heterocycles. The van der Waals surface area contributed by atoms with E-state index in [2.05, 4.69) is 0 Å². The molecule has 2 rings (SSSR count). The van der Waals surface area contributed by atoms with Crippen LogP contribution >= 0.6 is 0 Å². The summed E-state index contributed by atoms with van der Waals surface area (Å²) in [4.78, 5) is 0. The molecule has 1 heterocycles. The third-order valence-corrected chi connectivity index (χ3v) is 2.78. The normalized spacial score (nSPS) is 24.4. The Labute approximate surface area is 102 Å². The summed E-state index contributed by atoms with van der Waals surface area (Å²) >= 11 is 0. The Hall–Kier alpha value is -1.26. The molecule has 4 nitrogen and oxygen atoms in total. The Morgan fingerprint density at radius 1 is 1.29 bits per heavy atom. The minimum absolute atomic E-state index is 0.0512. The smallest absolute Gasteiger partial charge is 0.137 e. The van der Waals surface area contributed by atoms with Crippen molar-refractivity contribution >= 4 is 0 Å². The lowest BCUT2D eigenvalue weighted by molar-refractivity contribution is -0.00533. The molecule has 1 saturated heterocycles. The quantitative estimate of drug-likeness (QED) is 0.863. The zero-order chi connectivity index (χ0) is 12.1. The summed E-state index contributed by atoms with van der Waals surface area (Å²) in [6.45, 7) is 3.92. The van der Waals surface area contributed by atoms with E-state index in [1.807, 2.05) is 31.2 Å². The van der Waals surface area contributed by atoms with E-state index in [9.17, 15) is 0 Å². The fourth-order valence-corrected chi connectivity index (χ4v) is 1.81. The molecule has 0 radical (unpaired) electrons. The molecule has 1 aliphatic rings. The maximum Gasteiger partial charge on any atom is 0.137 e. The molecule has 0 amide bonds. The predicted octanol–water partition coefficient (Wildman–Crippen LogP) is 1.58. The van der Waals surface area contributed by atoms with Gasteiger partial charge in [-0.25, -0.2) is 0 Å². The second kappa shape index (κ2) is 5.89. The van der Waals surface area contributed by atoms with Crippen molar-refractivity contribution < 1.29 is 14.2 Å². The van der Waals surface area contributed by atoms with Crippen LogP contribution in [0.2, 0.25) is 0 Å². The third kappa shape index (κ3) is 3.35. The first-order valence-corrected chi connectivity index (χ1v) is 6.02. The van der Waals surface area contributed by atoms with Crippen LogP contribution in [0.3, 0.4) is 0 Å². The number of benzene rings is 1. The lowest BCUT2D eigenvalue weighted by Gasteiger charge is -2.29. The predicted molar refractivity (Wildman–Crippen MR) is 65.4 cm³/mol. The molecule has 0 spiro atoms. The molecule has 2 unspecified atom stereocenters. The summed E-state index contributed by atoms with van der Waals surface area (Å²) in [6.07, 6.45) is 0.795. The van der Waals surface area contributed by atoms with Gasteiger partial charge in [-0.3, -0.25) is 0 Å². The lowest BCUT2D eigenvalue weighted by atomic mass is 10.1. The standard InChI is InChI=1S/C13H19NO3/c1-2-16-10-3-5-11(6-4-10)17-13-9-15-8-7-12(13)14/h3-6,12-13H,2,7-9,14H2,1H3. The Kier molecular flexibility index (Phi) is 4.23. The summed E-state index contributed by atoms with van der Waals surface area (Å²) in [5.74, 6) is 1.66.